The summed E-state index contributed by atoms with van der Waals surface area (Å²) in [5, 5.41) is 7.90. The number of nitrogens with one attached hydrogen (secondary N) is 2. The van der Waals surface area contributed by atoms with Crippen LogP contribution in [0.1, 0.15) is 16.8 Å². The molecule has 0 aliphatic carbocycles. The Bertz CT molecular complexity index is 268. The van der Waals surface area contributed by atoms with Crippen LogP contribution < -0.4 is 10.6 Å². The van der Waals surface area contributed by atoms with E-state index in [1.165, 1.54) is 9.88 Å². The van der Waals surface area contributed by atoms with Crippen LogP contribution in [0, 0.1) is 0 Å². The lowest BCUT2D eigenvalue weighted by atomic mass is 10.2. The van der Waals surface area contributed by atoms with Crippen molar-refractivity contribution < 1.29 is 0 Å². The molecular formula is C9H15N3S. The molecule has 0 atom stereocenters. The first-order valence-corrected chi connectivity index (χ1v) is 5.58. The maximum Gasteiger partial charge on any atom is 0.107 e. The van der Waals surface area contributed by atoms with E-state index in [4.69, 9.17) is 0 Å². The number of rotatable bonds is 4. The fourth-order valence-electron chi connectivity index (χ4n) is 1.26. The van der Waals surface area contributed by atoms with E-state index in [-0.39, 0.29) is 0 Å². The van der Waals surface area contributed by atoms with Crippen molar-refractivity contribution in [1.82, 2.24) is 15.6 Å². The number of thiazole rings is 1. The minimum Gasteiger partial charge on any atom is -0.314 e. The second kappa shape index (κ2) is 4.17. The van der Waals surface area contributed by atoms with Gasteiger partial charge in [0.05, 0.1) is 0 Å². The summed E-state index contributed by atoms with van der Waals surface area (Å²) in [6, 6.07) is 0.661. The Hall–Kier alpha value is -0.450. The van der Waals surface area contributed by atoms with Gasteiger partial charge in [0.1, 0.15) is 5.01 Å². The second-order valence-corrected chi connectivity index (χ2v) is 4.51. The van der Waals surface area contributed by atoms with Gasteiger partial charge in [-0.15, -0.1) is 11.3 Å². The molecular weight excluding hydrogens is 182 g/mol. The molecule has 2 heterocycles. The van der Waals surface area contributed by atoms with E-state index in [1.807, 2.05) is 17.5 Å². The van der Waals surface area contributed by atoms with Crippen LogP contribution in [0.5, 0.6) is 0 Å². The molecule has 1 aliphatic rings. The van der Waals surface area contributed by atoms with E-state index >= 15 is 0 Å². The van der Waals surface area contributed by atoms with E-state index in [9.17, 15) is 0 Å². The Morgan fingerprint density at radius 3 is 3.08 bits per heavy atom. The quantitative estimate of drug-likeness (QED) is 0.748. The standard InChI is InChI=1S/C9H15N3S/c1-2-8-5-12-9(13-8)6-11-7-3-10-4-7/h5,7,10-11H,2-4,6H2,1H3. The molecule has 0 unspecified atom stereocenters. The zero-order valence-corrected chi connectivity index (χ0v) is 8.66. The zero-order valence-electron chi connectivity index (χ0n) is 7.84. The highest BCUT2D eigenvalue weighted by Gasteiger charge is 2.15. The van der Waals surface area contributed by atoms with Gasteiger partial charge in [-0.05, 0) is 6.42 Å². The average Bonchev–Trinajstić information content (AvgIpc) is 2.49. The molecule has 0 amide bonds. The molecule has 0 spiro atoms. The van der Waals surface area contributed by atoms with Crippen LogP contribution in [0.4, 0.5) is 0 Å². The van der Waals surface area contributed by atoms with E-state index in [1.54, 1.807) is 0 Å². The van der Waals surface area contributed by atoms with Crippen molar-refractivity contribution in [1.29, 1.82) is 0 Å². The maximum atomic E-state index is 4.35. The molecule has 1 aromatic rings. The van der Waals surface area contributed by atoms with Crippen LogP contribution >= 0.6 is 11.3 Å². The molecule has 1 fully saturated rings. The molecule has 72 valence electrons. The van der Waals surface area contributed by atoms with Crippen LogP contribution in [-0.4, -0.2) is 24.1 Å². The van der Waals surface area contributed by atoms with Gasteiger partial charge >= 0.3 is 0 Å². The first kappa shape index (κ1) is 9.12. The molecule has 0 radical (unpaired) electrons. The largest absolute Gasteiger partial charge is 0.314 e. The highest BCUT2D eigenvalue weighted by atomic mass is 32.1. The van der Waals surface area contributed by atoms with Gasteiger partial charge in [-0.3, -0.25) is 0 Å². The monoisotopic (exact) mass is 197 g/mol. The van der Waals surface area contributed by atoms with Crippen molar-refractivity contribution in [2.24, 2.45) is 0 Å². The fraction of sp³-hybridized carbons (Fsp3) is 0.667. The van der Waals surface area contributed by atoms with Crippen molar-refractivity contribution in [3.63, 3.8) is 0 Å². The molecule has 2 rings (SSSR count). The number of aryl methyl sites for hydroxylation is 1. The highest BCUT2D eigenvalue weighted by Crippen LogP contribution is 2.13. The minimum absolute atomic E-state index is 0.661. The smallest absolute Gasteiger partial charge is 0.107 e. The Morgan fingerprint density at radius 2 is 2.54 bits per heavy atom. The molecule has 13 heavy (non-hydrogen) atoms. The summed E-state index contributed by atoms with van der Waals surface area (Å²) in [4.78, 5) is 5.73. The summed E-state index contributed by atoms with van der Waals surface area (Å²) in [6.07, 6.45) is 3.09. The fourth-order valence-corrected chi connectivity index (χ4v) is 2.07. The molecule has 1 saturated heterocycles. The van der Waals surface area contributed by atoms with E-state index in [0.29, 0.717) is 6.04 Å². The number of hydrogen-bond donors (Lipinski definition) is 2. The Morgan fingerprint density at radius 1 is 1.69 bits per heavy atom. The van der Waals surface area contributed by atoms with Crippen molar-refractivity contribution in [2.45, 2.75) is 25.9 Å². The van der Waals surface area contributed by atoms with Crippen molar-refractivity contribution in [3.05, 3.63) is 16.1 Å². The van der Waals surface area contributed by atoms with Crippen LogP contribution in [0.2, 0.25) is 0 Å². The van der Waals surface area contributed by atoms with Gasteiger partial charge < -0.3 is 10.6 Å². The number of nitrogens with zero attached hydrogens (tertiary/aromatic N) is 1. The summed E-state index contributed by atoms with van der Waals surface area (Å²) in [5.74, 6) is 0. The molecule has 0 aromatic carbocycles. The van der Waals surface area contributed by atoms with Gasteiger partial charge in [0, 0.05) is 36.8 Å². The molecule has 0 saturated carbocycles. The predicted molar refractivity (Wildman–Crippen MR) is 55.0 cm³/mol. The lowest BCUT2D eigenvalue weighted by Gasteiger charge is -2.27. The third-order valence-corrected chi connectivity index (χ3v) is 3.41. The minimum atomic E-state index is 0.661. The van der Waals surface area contributed by atoms with Crippen LogP contribution in [0.15, 0.2) is 6.20 Å². The van der Waals surface area contributed by atoms with Gasteiger partial charge in [-0.25, -0.2) is 4.98 Å². The van der Waals surface area contributed by atoms with Gasteiger partial charge in [0.2, 0.25) is 0 Å². The van der Waals surface area contributed by atoms with E-state index < -0.39 is 0 Å². The molecule has 1 aromatic heterocycles. The Balaban J connectivity index is 1.79. The predicted octanol–water partition coefficient (Wildman–Crippen LogP) is 0.767. The van der Waals surface area contributed by atoms with Gasteiger partial charge in [-0.2, -0.15) is 0 Å². The lowest BCUT2D eigenvalue weighted by Crippen LogP contribution is -2.54. The van der Waals surface area contributed by atoms with Gasteiger partial charge in [-0.1, -0.05) is 6.92 Å². The molecule has 0 bridgehead atoms. The maximum absolute atomic E-state index is 4.35. The third-order valence-electron chi connectivity index (χ3n) is 2.27. The zero-order chi connectivity index (χ0) is 9.10. The SMILES string of the molecule is CCc1cnc(CNC2CNC2)s1. The third kappa shape index (κ3) is 2.27. The Kier molecular flexibility index (Phi) is 2.93. The van der Waals surface area contributed by atoms with Gasteiger partial charge in [0.15, 0.2) is 0 Å². The first-order valence-electron chi connectivity index (χ1n) is 4.76. The lowest BCUT2D eigenvalue weighted by molar-refractivity contribution is 0.365. The molecule has 1 aliphatic heterocycles. The van der Waals surface area contributed by atoms with E-state index in [0.717, 1.165) is 26.1 Å². The second-order valence-electron chi connectivity index (χ2n) is 3.31. The van der Waals surface area contributed by atoms with Crippen LogP contribution in [0.25, 0.3) is 0 Å². The van der Waals surface area contributed by atoms with Crippen molar-refractivity contribution in [3.8, 4) is 0 Å². The Labute approximate surface area is 82.6 Å². The van der Waals surface area contributed by atoms with Crippen LogP contribution in [-0.2, 0) is 13.0 Å². The summed E-state index contributed by atoms with van der Waals surface area (Å²) >= 11 is 1.82. The van der Waals surface area contributed by atoms with Crippen molar-refractivity contribution >= 4 is 11.3 Å². The highest BCUT2D eigenvalue weighted by molar-refractivity contribution is 7.11. The number of aromatic nitrogens is 1. The summed E-state index contributed by atoms with van der Waals surface area (Å²) in [5.41, 5.74) is 0. The molecule has 3 nitrogen and oxygen atoms in total. The van der Waals surface area contributed by atoms with E-state index in [2.05, 4.69) is 22.5 Å². The molecule has 2 N–H and O–H groups in total. The van der Waals surface area contributed by atoms with Crippen molar-refractivity contribution in [2.75, 3.05) is 13.1 Å². The summed E-state index contributed by atoms with van der Waals surface area (Å²) in [7, 11) is 0. The summed E-state index contributed by atoms with van der Waals surface area (Å²) < 4.78 is 0. The van der Waals surface area contributed by atoms with Crippen LogP contribution in [0.3, 0.4) is 0 Å². The average molecular weight is 197 g/mol. The topological polar surface area (TPSA) is 37.0 Å². The first-order chi connectivity index (χ1) is 6.38. The molecule has 4 heteroatoms. The number of hydrogen-bond acceptors (Lipinski definition) is 4. The summed E-state index contributed by atoms with van der Waals surface area (Å²) in [6.45, 7) is 5.30. The normalized spacial score (nSPS) is 17.3. The van der Waals surface area contributed by atoms with Gasteiger partial charge in [0.25, 0.3) is 0 Å².